The molecule has 10 heavy (non-hydrogen) atoms. The maximum absolute atomic E-state index is 0. The van der Waals surface area contributed by atoms with Gasteiger partial charge in [0.05, 0.1) is 0 Å². The average molecular weight is 809 g/mol. The Kier molecular flexibility index (Phi) is 1200. The molecule has 0 nitrogen and oxygen atoms in total. The molecule has 0 heterocycles. The standard InChI is InChI=1S/10BrH/h10*1H. The second-order valence-corrected chi connectivity index (χ2v) is 0. The van der Waals surface area contributed by atoms with Crippen LogP contribution in [-0.4, -0.2) is 0 Å². The van der Waals surface area contributed by atoms with Crippen LogP contribution in [0, 0.1) is 0 Å². The second kappa shape index (κ2) is 98.1. The highest BCUT2D eigenvalue weighted by atomic mass is 79.9. The lowest BCUT2D eigenvalue weighted by atomic mass is 79.9. The number of hydrogen-bond donors (Lipinski definition) is 0. The summed E-state index contributed by atoms with van der Waals surface area (Å²) in [6, 6.07) is 0. The van der Waals surface area contributed by atoms with E-state index in [-0.39, 0.29) is 170 Å². The molecule has 0 aromatic heterocycles. The van der Waals surface area contributed by atoms with Gasteiger partial charge in [-0.15, -0.1) is 170 Å². The van der Waals surface area contributed by atoms with E-state index in [0.717, 1.165) is 0 Å². The molecule has 0 unspecified atom stereocenters. The third kappa shape index (κ3) is 77.4. The van der Waals surface area contributed by atoms with E-state index in [0.29, 0.717) is 0 Å². The Hall–Kier alpha value is 4.80. The van der Waals surface area contributed by atoms with E-state index in [1.165, 1.54) is 0 Å². The third-order valence-corrected chi connectivity index (χ3v) is 0. The Morgan fingerprint density at radius 1 is 0.100 bits per heavy atom. The highest BCUT2D eigenvalue weighted by molar-refractivity contribution is 8.94. The molecule has 0 aliphatic carbocycles. The predicted octanol–water partition coefficient (Wildman–Crippen LogP) is 5.78. The summed E-state index contributed by atoms with van der Waals surface area (Å²) in [6.07, 6.45) is 0. The van der Waals surface area contributed by atoms with Crippen molar-refractivity contribution in [2.75, 3.05) is 0 Å². The van der Waals surface area contributed by atoms with Crippen LogP contribution in [0.4, 0.5) is 0 Å². The zero-order valence-corrected chi connectivity index (χ0v) is 21.2. The Balaban J connectivity index is 0. The monoisotopic (exact) mass is 799 g/mol. The molecule has 0 amide bonds. The number of halogens is 10. The minimum atomic E-state index is 0. The van der Waals surface area contributed by atoms with Crippen molar-refractivity contribution in [3.05, 3.63) is 0 Å². The first-order valence-corrected chi connectivity index (χ1v) is 0. The van der Waals surface area contributed by atoms with E-state index in [1.54, 1.807) is 0 Å². The van der Waals surface area contributed by atoms with Crippen molar-refractivity contribution in [1.29, 1.82) is 0 Å². The molecule has 0 saturated heterocycles. The van der Waals surface area contributed by atoms with Gasteiger partial charge in [0.15, 0.2) is 0 Å². The molecule has 0 rings (SSSR count). The first-order chi connectivity index (χ1) is 0. The van der Waals surface area contributed by atoms with Crippen LogP contribution in [0.3, 0.4) is 0 Å². The van der Waals surface area contributed by atoms with Crippen LogP contribution >= 0.6 is 170 Å². The zero-order valence-electron chi connectivity index (χ0n) is 4.08. The molecule has 0 aromatic rings. The van der Waals surface area contributed by atoms with Crippen molar-refractivity contribution in [2.24, 2.45) is 0 Å². The summed E-state index contributed by atoms with van der Waals surface area (Å²) in [5, 5.41) is 0. The minimum Gasteiger partial charge on any atom is -0.114 e. The topological polar surface area (TPSA) is 0 Å². The quantitative estimate of drug-likeness (QED) is 0.292. The van der Waals surface area contributed by atoms with E-state index in [1.807, 2.05) is 0 Å². The molecule has 80 valence electrons. The molecule has 0 aliphatic rings. The fraction of sp³-hybridized carbons (Fsp3) is 0. The average Bonchev–Trinajstić information content (AvgIpc) is 0. The van der Waals surface area contributed by atoms with E-state index in [9.17, 15) is 0 Å². The Bertz CT molecular complexity index is 0. The van der Waals surface area contributed by atoms with Crippen molar-refractivity contribution in [3.8, 4) is 0 Å². The first-order valence-electron chi connectivity index (χ1n) is 0. The fourth-order valence-corrected chi connectivity index (χ4v) is 0. The van der Waals surface area contributed by atoms with Gasteiger partial charge in [0.1, 0.15) is 0 Å². The smallest absolute Gasteiger partial charge is 0.114 e. The first kappa shape index (κ1) is 122. The van der Waals surface area contributed by atoms with Crippen LogP contribution in [0.5, 0.6) is 0 Å². The highest BCUT2D eigenvalue weighted by Crippen LogP contribution is 0.855. The lowest BCUT2D eigenvalue weighted by Crippen LogP contribution is 0.845. The van der Waals surface area contributed by atoms with Crippen molar-refractivity contribution in [3.63, 3.8) is 0 Å². The zero-order chi connectivity index (χ0) is 0. The van der Waals surface area contributed by atoms with Crippen molar-refractivity contribution < 1.29 is 0 Å². The summed E-state index contributed by atoms with van der Waals surface area (Å²) >= 11 is 0. The number of hydrogen-bond acceptors (Lipinski definition) is 0. The maximum atomic E-state index is 0. The molecule has 0 saturated carbocycles. The van der Waals surface area contributed by atoms with Crippen LogP contribution < -0.4 is 0 Å². The summed E-state index contributed by atoms with van der Waals surface area (Å²) in [5.41, 5.74) is 0. The summed E-state index contributed by atoms with van der Waals surface area (Å²) in [6.45, 7) is 0. The SMILES string of the molecule is Br.Br.Br.Br.Br.Br.Br.Br.Br.Br. The molecule has 0 radical (unpaired) electrons. The molecule has 0 fully saturated rings. The Morgan fingerprint density at radius 3 is 0.100 bits per heavy atom. The van der Waals surface area contributed by atoms with Gasteiger partial charge in [-0.25, -0.2) is 0 Å². The lowest BCUT2D eigenvalue weighted by Gasteiger charge is -0.115. The normalized spacial score (nSPS) is 0. The minimum absolute atomic E-state index is 0. The van der Waals surface area contributed by atoms with Gasteiger partial charge >= 0.3 is 0 Å². The lowest BCUT2D eigenvalue weighted by molar-refractivity contribution is 8.93. The largest absolute Gasteiger partial charge is 0.114 e. The van der Waals surface area contributed by atoms with E-state index < -0.39 is 0 Å². The van der Waals surface area contributed by atoms with Gasteiger partial charge < -0.3 is 0 Å². The van der Waals surface area contributed by atoms with E-state index >= 15 is 0 Å². The molecule has 0 bridgehead atoms. The van der Waals surface area contributed by atoms with E-state index in [2.05, 4.69) is 0 Å². The van der Waals surface area contributed by atoms with Gasteiger partial charge in [-0.3, -0.25) is 0 Å². The maximum Gasteiger partial charge on any atom is -0.114 e. The van der Waals surface area contributed by atoms with Crippen LogP contribution in [0.2, 0.25) is 0 Å². The summed E-state index contributed by atoms with van der Waals surface area (Å²) in [4.78, 5) is 0. The third-order valence-electron chi connectivity index (χ3n) is 0. The Labute approximate surface area is 166 Å². The second-order valence-electron chi connectivity index (χ2n) is 0. The van der Waals surface area contributed by atoms with Crippen molar-refractivity contribution >= 4 is 170 Å². The molecule has 0 spiro atoms. The molecule has 0 N–H and O–H groups in total. The highest BCUT2D eigenvalue weighted by Gasteiger charge is -0.105. The molecule has 0 aliphatic heterocycles. The van der Waals surface area contributed by atoms with Crippen LogP contribution in [0.25, 0.3) is 0 Å². The predicted molar refractivity (Wildman–Crippen MR) is 103 cm³/mol. The molecule has 0 aromatic carbocycles. The van der Waals surface area contributed by atoms with Crippen LogP contribution in [0.15, 0.2) is 0 Å². The summed E-state index contributed by atoms with van der Waals surface area (Å²) in [5.74, 6) is 0. The van der Waals surface area contributed by atoms with Crippen molar-refractivity contribution in [2.45, 2.75) is 0 Å². The van der Waals surface area contributed by atoms with Crippen LogP contribution in [0.1, 0.15) is 0 Å². The van der Waals surface area contributed by atoms with Gasteiger partial charge in [-0.2, -0.15) is 0 Å². The van der Waals surface area contributed by atoms with Crippen LogP contribution in [-0.2, 0) is 0 Å². The fourth-order valence-electron chi connectivity index (χ4n) is 0. The molecular formula is H10Br10. The van der Waals surface area contributed by atoms with Gasteiger partial charge in [0.25, 0.3) is 0 Å². The van der Waals surface area contributed by atoms with Gasteiger partial charge in [0.2, 0.25) is 0 Å². The summed E-state index contributed by atoms with van der Waals surface area (Å²) < 4.78 is 0. The van der Waals surface area contributed by atoms with Gasteiger partial charge in [0, 0.05) is 0 Å². The molecular weight excluding hydrogens is 799 g/mol. The van der Waals surface area contributed by atoms with Gasteiger partial charge in [-0.05, 0) is 0 Å². The molecule has 10 heteroatoms. The number of rotatable bonds is 0. The van der Waals surface area contributed by atoms with Crippen molar-refractivity contribution in [1.82, 2.24) is 0 Å². The summed E-state index contributed by atoms with van der Waals surface area (Å²) in [7, 11) is 0. The van der Waals surface area contributed by atoms with E-state index in [4.69, 9.17) is 0 Å². The van der Waals surface area contributed by atoms with Gasteiger partial charge in [-0.1, -0.05) is 0 Å². The Morgan fingerprint density at radius 2 is 0.100 bits per heavy atom. The molecule has 0 atom stereocenters.